The van der Waals surface area contributed by atoms with Crippen LogP contribution in [0.5, 0.6) is 5.75 Å². The first kappa shape index (κ1) is 14.6. The lowest BCUT2D eigenvalue weighted by atomic mass is 10.2. The zero-order valence-corrected chi connectivity index (χ0v) is 11.7. The number of hydrogen-bond donors (Lipinski definition) is 0. The van der Waals surface area contributed by atoms with Crippen LogP contribution in [0.4, 0.5) is 0 Å². The largest absolute Gasteiger partial charge is 0.497 e. The summed E-state index contributed by atoms with van der Waals surface area (Å²) in [5.74, 6) is 7.31. The van der Waals surface area contributed by atoms with Gasteiger partial charge in [0.15, 0.2) is 0 Å². The minimum Gasteiger partial charge on any atom is -0.497 e. The summed E-state index contributed by atoms with van der Waals surface area (Å²) in [6, 6.07) is 7.88. The monoisotopic (exact) mass is 245 g/mol. The van der Waals surface area contributed by atoms with Crippen LogP contribution in [0.3, 0.4) is 0 Å². The Balaban J connectivity index is 2.52. The van der Waals surface area contributed by atoms with E-state index in [2.05, 4.69) is 30.6 Å². The lowest BCUT2D eigenvalue weighted by molar-refractivity contribution is 0.308. The number of nitrogens with zero attached hydrogens (tertiary/aromatic N) is 1. The lowest BCUT2D eigenvalue weighted by Gasteiger charge is -2.17. The van der Waals surface area contributed by atoms with Gasteiger partial charge < -0.3 is 4.74 Å². The highest BCUT2D eigenvalue weighted by atomic mass is 16.5. The van der Waals surface area contributed by atoms with Gasteiger partial charge in [-0.2, -0.15) is 0 Å². The molecule has 0 saturated heterocycles. The Hall–Kier alpha value is -1.46. The first-order valence-corrected chi connectivity index (χ1v) is 6.65. The van der Waals surface area contributed by atoms with Crippen molar-refractivity contribution in [2.75, 3.05) is 26.7 Å². The molecule has 0 bridgehead atoms. The Kier molecular flexibility index (Phi) is 6.98. The third-order valence-corrected chi connectivity index (χ3v) is 2.71. The molecule has 0 saturated carbocycles. The van der Waals surface area contributed by atoms with Crippen LogP contribution < -0.4 is 4.74 Å². The van der Waals surface area contributed by atoms with E-state index in [1.807, 2.05) is 24.3 Å². The molecule has 0 aliphatic heterocycles. The average Bonchev–Trinajstić information content (AvgIpc) is 2.40. The summed E-state index contributed by atoms with van der Waals surface area (Å²) < 4.78 is 5.12. The van der Waals surface area contributed by atoms with E-state index in [1.165, 1.54) is 12.8 Å². The van der Waals surface area contributed by atoms with Gasteiger partial charge in [0.1, 0.15) is 5.75 Å². The Morgan fingerprint density at radius 2 is 1.67 bits per heavy atom. The van der Waals surface area contributed by atoms with Crippen LogP contribution >= 0.6 is 0 Å². The van der Waals surface area contributed by atoms with E-state index < -0.39 is 0 Å². The second-order valence-corrected chi connectivity index (χ2v) is 4.31. The van der Waals surface area contributed by atoms with Crippen molar-refractivity contribution in [3.8, 4) is 17.6 Å². The fourth-order valence-corrected chi connectivity index (χ4v) is 1.83. The van der Waals surface area contributed by atoms with Gasteiger partial charge in [0.2, 0.25) is 0 Å². The van der Waals surface area contributed by atoms with Crippen molar-refractivity contribution in [1.82, 2.24) is 4.90 Å². The van der Waals surface area contributed by atoms with E-state index >= 15 is 0 Å². The Bertz CT molecular complexity index is 380. The smallest absolute Gasteiger partial charge is 0.118 e. The number of methoxy groups -OCH3 is 1. The highest BCUT2D eigenvalue weighted by molar-refractivity contribution is 5.38. The lowest BCUT2D eigenvalue weighted by Crippen LogP contribution is -2.25. The van der Waals surface area contributed by atoms with Gasteiger partial charge >= 0.3 is 0 Å². The SMILES string of the molecule is CCCN(CC#Cc1ccc(OC)cc1)CCC. The van der Waals surface area contributed by atoms with E-state index in [0.29, 0.717) is 0 Å². The van der Waals surface area contributed by atoms with Crippen LogP contribution in [0.2, 0.25) is 0 Å². The Morgan fingerprint density at radius 3 is 2.17 bits per heavy atom. The van der Waals surface area contributed by atoms with Crippen molar-refractivity contribution in [3.05, 3.63) is 29.8 Å². The molecule has 98 valence electrons. The summed E-state index contributed by atoms with van der Waals surface area (Å²) in [6.45, 7) is 7.53. The number of ether oxygens (including phenoxy) is 1. The maximum atomic E-state index is 5.12. The average molecular weight is 245 g/mol. The Morgan fingerprint density at radius 1 is 1.06 bits per heavy atom. The third kappa shape index (κ3) is 5.25. The molecule has 1 aromatic rings. The van der Waals surface area contributed by atoms with E-state index in [1.54, 1.807) is 7.11 Å². The molecular formula is C16H23NO. The predicted octanol–water partition coefficient (Wildman–Crippen LogP) is 3.17. The third-order valence-electron chi connectivity index (χ3n) is 2.71. The maximum absolute atomic E-state index is 5.12. The molecule has 2 nitrogen and oxygen atoms in total. The molecule has 18 heavy (non-hydrogen) atoms. The van der Waals surface area contributed by atoms with E-state index in [9.17, 15) is 0 Å². The van der Waals surface area contributed by atoms with Crippen LogP contribution in [0, 0.1) is 11.8 Å². The fraction of sp³-hybridized carbons (Fsp3) is 0.500. The molecule has 0 aliphatic rings. The molecular weight excluding hydrogens is 222 g/mol. The molecule has 0 unspecified atom stereocenters. The van der Waals surface area contributed by atoms with Gasteiger partial charge in [0.05, 0.1) is 13.7 Å². The topological polar surface area (TPSA) is 12.5 Å². The zero-order chi connectivity index (χ0) is 13.2. The fourth-order valence-electron chi connectivity index (χ4n) is 1.83. The van der Waals surface area contributed by atoms with Gasteiger partial charge in [-0.15, -0.1) is 0 Å². The molecule has 0 aromatic heterocycles. The molecule has 0 N–H and O–H groups in total. The molecule has 0 fully saturated rings. The van der Waals surface area contributed by atoms with Crippen molar-refractivity contribution in [1.29, 1.82) is 0 Å². The van der Waals surface area contributed by atoms with Crippen LogP contribution in [0.25, 0.3) is 0 Å². The van der Waals surface area contributed by atoms with Gasteiger partial charge in [-0.1, -0.05) is 25.7 Å². The number of benzene rings is 1. The van der Waals surface area contributed by atoms with Crippen molar-refractivity contribution in [2.24, 2.45) is 0 Å². The quantitative estimate of drug-likeness (QED) is 0.714. The first-order valence-electron chi connectivity index (χ1n) is 6.65. The van der Waals surface area contributed by atoms with Crippen LogP contribution in [0.1, 0.15) is 32.3 Å². The molecule has 1 aromatic carbocycles. The van der Waals surface area contributed by atoms with Crippen LogP contribution in [-0.2, 0) is 0 Å². The maximum Gasteiger partial charge on any atom is 0.118 e. The van der Waals surface area contributed by atoms with Gasteiger partial charge in [-0.25, -0.2) is 0 Å². The highest BCUT2D eigenvalue weighted by Crippen LogP contribution is 2.10. The summed E-state index contributed by atoms with van der Waals surface area (Å²) in [5, 5.41) is 0. The van der Waals surface area contributed by atoms with Gasteiger partial charge in [-0.05, 0) is 50.2 Å². The van der Waals surface area contributed by atoms with E-state index in [-0.39, 0.29) is 0 Å². The Labute approximate surface area is 111 Å². The van der Waals surface area contributed by atoms with E-state index in [4.69, 9.17) is 4.74 Å². The normalized spacial score (nSPS) is 10.0. The molecule has 0 aliphatic carbocycles. The molecule has 0 radical (unpaired) electrons. The molecule has 0 amide bonds. The molecule has 0 heterocycles. The number of hydrogen-bond acceptors (Lipinski definition) is 2. The van der Waals surface area contributed by atoms with Crippen molar-refractivity contribution in [2.45, 2.75) is 26.7 Å². The van der Waals surface area contributed by atoms with Crippen LogP contribution in [0.15, 0.2) is 24.3 Å². The minimum absolute atomic E-state index is 0.855. The summed E-state index contributed by atoms with van der Waals surface area (Å²) in [4.78, 5) is 2.40. The van der Waals surface area contributed by atoms with Crippen molar-refractivity contribution in [3.63, 3.8) is 0 Å². The highest BCUT2D eigenvalue weighted by Gasteiger charge is 1.98. The predicted molar refractivity (Wildman–Crippen MR) is 76.9 cm³/mol. The summed E-state index contributed by atoms with van der Waals surface area (Å²) >= 11 is 0. The summed E-state index contributed by atoms with van der Waals surface area (Å²) in [5.41, 5.74) is 1.05. The van der Waals surface area contributed by atoms with Crippen LogP contribution in [-0.4, -0.2) is 31.6 Å². The van der Waals surface area contributed by atoms with Gasteiger partial charge in [0.25, 0.3) is 0 Å². The van der Waals surface area contributed by atoms with Gasteiger partial charge in [-0.3, -0.25) is 4.90 Å². The summed E-state index contributed by atoms with van der Waals surface area (Å²) in [7, 11) is 1.67. The van der Waals surface area contributed by atoms with E-state index in [0.717, 1.165) is 30.9 Å². The second-order valence-electron chi connectivity index (χ2n) is 4.31. The molecule has 0 spiro atoms. The molecule has 0 atom stereocenters. The van der Waals surface area contributed by atoms with Gasteiger partial charge in [0, 0.05) is 5.56 Å². The first-order chi connectivity index (χ1) is 8.80. The molecule has 1 rings (SSSR count). The second kappa shape index (κ2) is 8.60. The zero-order valence-electron chi connectivity index (χ0n) is 11.7. The van der Waals surface area contributed by atoms with Crippen molar-refractivity contribution >= 4 is 0 Å². The standard InChI is InChI=1S/C16H23NO/c1-4-12-17(13-5-2)14-6-7-15-8-10-16(18-3)11-9-15/h8-11H,4-5,12-14H2,1-3H3. The number of rotatable bonds is 6. The molecule has 2 heteroatoms. The van der Waals surface area contributed by atoms with Crippen molar-refractivity contribution < 1.29 is 4.74 Å². The minimum atomic E-state index is 0.855. The summed E-state index contributed by atoms with van der Waals surface area (Å²) in [6.07, 6.45) is 2.37.